The predicted molar refractivity (Wildman–Crippen MR) is 91.4 cm³/mol. The number of carbonyl (C=O) groups is 1. The maximum Gasteiger partial charge on any atom is 0.417 e. The Morgan fingerprint density at radius 3 is 2.64 bits per heavy atom. The van der Waals surface area contributed by atoms with Crippen LogP contribution in [0.1, 0.15) is 29.2 Å². The number of benzene rings is 1. The number of pyridine rings is 1. The first-order valence-electron chi connectivity index (χ1n) is 8.58. The van der Waals surface area contributed by atoms with Gasteiger partial charge in [0.25, 0.3) is 0 Å². The molecular weight excluding hydrogens is 380 g/mol. The van der Waals surface area contributed by atoms with Gasteiger partial charge in [0.15, 0.2) is 0 Å². The van der Waals surface area contributed by atoms with Gasteiger partial charge in [-0.15, -0.1) is 0 Å². The molecule has 2 aromatic rings. The summed E-state index contributed by atoms with van der Waals surface area (Å²) in [5.41, 5.74) is 0.147. The van der Waals surface area contributed by atoms with E-state index >= 15 is 0 Å². The molecule has 3 rings (SSSR count). The fourth-order valence-electron chi connectivity index (χ4n) is 3.30. The van der Waals surface area contributed by atoms with Crippen molar-refractivity contribution in [3.8, 4) is 5.88 Å². The van der Waals surface area contributed by atoms with Crippen molar-refractivity contribution in [1.82, 2.24) is 9.88 Å². The van der Waals surface area contributed by atoms with Gasteiger partial charge in [-0.1, -0.05) is 6.07 Å². The maximum atomic E-state index is 13.3. The van der Waals surface area contributed by atoms with Crippen molar-refractivity contribution in [1.29, 1.82) is 0 Å². The van der Waals surface area contributed by atoms with Crippen LogP contribution in [0.5, 0.6) is 5.88 Å². The molecule has 2 unspecified atom stereocenters. The van der Waals surface area contributed by atoms with Gasteiger partial charge in [-0.3, -0.25) is 9.69 Å². The number of likely N-dealkylation sites (tertiary alicyclic amines) is 1. The van der Waals surface area contributed by atoms with Crippen LogP contribution >= 0.6 is 0 Å². The summed E-state index contributed by atoms with van der Waals surface area (Å²) in [5.74, 6) is -1.46. The summed E-state index contributed by atoms with van der Waals surface area (Å²) in [7, 11) is 0. The van der Waals surface area contributed by atoms with E-state index in [2.05, 4.69) is 4.98 Å². The van der Waals surface area contributed by atoms with E-state index in [1.54, 1.807) is 11.8 Å². The van der Waals surface area contributed by atoms with E-state index in [1.807, 2.05) is 0 Å². The molecule has 0 saturated carbocycles. The molecule has 0 amide bonds. The molecule has 0 radical (unpaired) electrons. The molecule has 150 valence electrons. The Bertz CT molecular complexity index is 855. The number of rotatable bonds is 5. The molecule has 0 bridgehead atoms. The first-order chi connectivity index (χ1) is 13.1. The zero-order valence-corrected chi connectivity index (χ0v) is 14.9. The molecule has 1 aromatic heterocycles. The van der Waals surface area contributed by atoms with E-state index in [0.29, 0.717) is 30.3 Å². The summed E-state index contributed by atoms with van der Waals surface area (Å²) in [6.45, 7) is 2.32. The molecule has 9 heteroatoms. The topological polar surface area (TPSA) is 62.7 Å². The minimum absolute atomic E-state index is 0.0460. The van der Waals surface area contributed by atoms with Crippen LogP contribution in [0.25, 0.3) is 0 Å². The fraction of sp³-hybridized carbons (Fsp3) is 0.368. The minimum atomic E-state index is -4.47. The minimum Gasteiger partial charge on any atom is -0.480 e. The van der Waals surface area contributed by atoms with Crippen LogP contribution in [0.3, 0.4) is 0 Å². The maximum absolute atomic E-state index is 13.3. The molecule has 2 atom stereocenters. The van der Waals surface area contributed by atoms with Gasteiger partial charge < -0.3 is 9.84 Å². The van der Waals surface area contributed by atoms with Gasteiger partial charge in [0.2, 0.25) is 5.88 Å². The van der Waals surface area contributed by atoms with Gasteiger partial charge in [-0.05, 0) is 42.7 Å². The second-order valence-electron chi connectivity index (χ2n) is 6.65. The number of aryl methyl sites for hydroxylation is 1. The summed E-state index contributed by atoms with van der Waals surface area (Å²) >= 11 is 0. The Morgan fingerprint density at radius 2 is 2.07 bits per heavy atom. The van der Waals surface area contributed by atoms with Crippen LogP contribution in [-0.4, -0.2) is 40.2 Å². The molecule has 28 heavy (non-hydrogen) atoms. The molecule has 2 heterocycles. The average molecular weight is 398 g/mol. The first kappa shape index (κ1) is 20.1. The van der Waals surface area contributed by atoms with E-state index in [1.165, 1.54) is 18.2 Å². The van der Waals surface area contributed by atoms with E-state index < -0.39 is 35.7 Å². The molecular formula is C19H18F4N2O3. The van der Waals surface area contributed by atoms with Gasteiger partial charge in [0.05, 0.1) is 5.56 Å². The third-order valence-electron chi connectivity index (χ3n) is 4.65. The van der Waals surface area contributed by atoms with Gasteiger partial charge in [-0.2, -0.15) is 13.2 Å². The summed E-state index contributed by atoms with van der Waals surface area (Å²) in [5, 5.41) is 9.67. The van der Waals surface area contributed by atoms with Crippen molar-refractivity contribution in [2.45, 2.75) is 31.7 Å². The van der Waals surface area contributed by atoms with Crippen molar-refractivity contribution in [2.24, 2.45) is 0 Å². The van der Waals surface area contributed by atoms with E-state index in [9.17, 15) is 27.5 Å². The number of hydrogen-bond donors (Lipinski definition) is 1. The quantitative estimate of drug-likeness (QED) is 0.776. The normalized spacial score (nSPS) is 18.8. The van der Waals surface area contributed by atoms with E-state index in [-0.39, 0.29) is 12.4 Å². The standard InChI is InChI=1S/C19H18F4N2O3/c1-11-8-13(20)3-4-15(11)17(18(26)27)25-7-6-14(10-25)28-16-5-2-12(9-24-16)19(21,22)23/h2-5,8-9,14,17H,6-7,10H2,1H3,(H,26,27). The fourth-order valence-corrected chi connectivity index (χ4v) is 3.30. The number of carboxylic acid groups (broad SMARTS) is 1. The van der Waals surface area contributed by atoms with Crippen LogP contribution in [0, 0.1) is 12.7 Å². The lowest BCUT2D eigenvalue weighted by Gasteiger charge is -2.25. The molecule has 5 nitrogen and oxygen atoms in total. The number of aromatic nitrogens is 1. The van der Waals surface area contributed by atoms with Gasteiger partial charge in [0.1, 0.15) is 18.0 Å². The molecule has 1 aromatic carbocycles. The number of ether oxygens (including phenoxy) is 1. The third kappa shape index (κ3) is 4.41. The molecule has 1 N–H and O–H groups in total. The second kappa shape index (κ2) is 7.75. The zero-order valence-electron chi connectivity index (χ0n) is 14.9. The van der Waals surface area contributed by atoms with Crippen molar-refractivity contribution in [2.75, 3.05) is 13.1 Å². The number of aliphatic carboxylic acids is 1. The molecule has 1 saturated heterocycles. The third-order valence-corrected chi connectivity index (χ3v) is 4.65. The lowest BCUT2D eigenvalue weighted by molar-refractivity contribution is -0.143. The lowest BCUT2D eigenvalue weighted by Crippen LogP contribution is -2.34. The molecule has 1 fully saturated rings. The highest BCUT2D eigenvalue weighted by atomic mass is 19.4. The van der Waals surface area contributed by atoms with Crippen LogP contribution in [-0.2, 0) is 11.0 Å². The highest BCUT2D eigenvalue weighted by Crippen LogP contribution is 2.31. The Hall–Kier alpha value is -2.68. The van der Waals surface area contributed by atoms with Crippen molar-refractivity contribution < 1.29 is 32.2 Å². The highest BCUT2D eigenvalue weighted by molar-refractivity contribution is 5.76. The summed E-state index contributed by atoms with van der Waals surface area (Å²) in [6.07, 6.45) is -3.69. The SMILES string of the molecule is Cc1cc(F)ccc1C(C(=O)O)N1CCC(Oc2ccc(C(F)(F)F)cn2)C1. The summed E-state index contributed by atoms with van der Waals surface area (Å²) < 4.78 is 56.7. The second-order valence-corrected chi connectivity index (χ2v) is 6.65. The number of halogens is 4. The van der Waals surface area contributed by atoms with Crippen LogP contribution in [0.2, 0.25) is 0 Å². The predicted octanol–water partition coefficient (Wildman–Crippen LogP) is 3.83. The lowest BCUT2D eigenvalue weighted by atomic mass is 10.00. The van der Waals surface area contributed by atoms with E-state index in [4.69, 9.17) is 4.74 Å². The van der Waals surface area contributed by atoms with E-state index in [0.717, 1.165) is 12.1 Å². The number of carboxylic acids is 1. The summed E-state index contributed by atoms with van der Waals surface area (Å²) in [6, 6.07) is 5.02. The molecule has 0 aliphatic carbocycles. The Balaban J connectivity index is 1.70. The van der Waals surface area contributed by atoms with Gasteiger partial charge >= 0.3 is 12.1 Å². The van der Waals surface area contributed by atoms with Crippen molar-refractivity contribution in [3.63, 3.8) is 0 Å². The van der Waals surface area contributed by atoms with Crippen molar-refractivity contribution in [3.05, 3.63) is 59.0 Å². The Labute approximate surface area is 158 Å². The average Bonchev–Trinajstić information content (AvgIpc) is 3.04. The Kier molecular flexibility index (Phi) is 5.55. The van der Waals surface area contributed by atoms with Crippen LogP contribution < -0.4 is 4.74 Å². The summed E-state index contributed by atoms with van der Waals surface area (Å²) in [4.78, 5) is 17.2. The van der Waals surface area contributed by atoms with Crippen molar-refractivity contribution >= 4 is 5.97 Å². The number of alkyl halides is 3. The molecule has 1 aliphatic rings. The van der Waals surface area contributed by atoms with Crippen LogP contribution in [0.15, 0.2) is 36.5 Å². The monoisotopic (exact) mass is 398 g/mol. The Morgan fingerprint density at radius 1 is 1.32 bits per heavy atom. The smallest absolute Gasteiger partial charge is 0.417 e. The van der Waals surface area contributed by atoms with Gasteiger partial charge in [0, 0.05) is 25.4 Å². The first-order valence-corrected chi connectivity index (χ1v) is 8.58. The number of nitrogens with zero attached hydrogens (tertiary/aromatic N) is 2. The number of hydrogen-bond acceptors (Lipinski definition) is 4. The van der Waals surface area contributed by atoms with Gasteiger partial charge in [-0.25, -0.2) is 9.37 Å². The molecule has 0 spiro atoms. The largest absolute Gasteiger partial charge is 0.480 e. The molecule has 1 aliphatic heterocycles. The van der Waals surface area contributed by atoms with Crippen LogP contribution in [0.4, 0.5) is 17.6 Å². The highest BCUT2D eigenvalue weighted by Gasteiger charge is 2.36. The zero-order chi connectivity index (χ0) is 20.5.